The van der Waals surface area contributed by atoms with Crippen LogP contribution in [0.5, 0.6) is 0 Å². The molecule has 0 heterocycles. The van der Waals surface area contributed by atoms with E-state index >= 15 is 0 Å². The molecule has 1 amide bonds. The molecular weight excluding hydrogens is 643 g/mol. The van der Waals surface area contributed by atoms with Crippen LogP contribution >= 0.6 is 7.82 Å². The molecule has 0 rings (SSSR count). The SMILES string of the molecule is CCCCCCCCCCCCCCC(=O)O[C@@H](COC(=O)CCCCCCCCCCCCCNC(C)=O)COP(=O)([O-])[O-].[Na+].[Na+]. The Hall–Kier alpha value is 0.520. The van der Waals surface area contributed by atoms with Gasteiger partial charge in [-0.1, -0.05) is 135 Å². The quantitative estimate of drug-likeness (QED) is 0.0459. The van der Waals surface area contributed by atoms with E-state index in [9.17, 15) is 28.7 Å². The van der Waals surface area contributed by atoms with E-state index in [2.05, 4.69) is 16.8 Å². The summed E-state index contributed by atoms with van der Waals surface area (Å²) in [7, 11) is -5.25. The van der Waals surface area contributed by atoms with E-state index in [0.29, 0.717) is 12.8 Å². The molecule has 1 N–H and O–H groups in total. The minimum absolute atomic E-state index is 0. The Balaban J connectivity index is -0.00000968. The van der Waals surface area contributed by atoms with E-state index in [-0.39, 0.29) is 84.5 Å². The van der Waals surface area contributed by atoms with Crippen LogP contribution in [0.15, 0.2) is 0 Å². The molecule has 0 unspecified atom stereocenters. The topological polar surface area (TPSA) is 154 Å². The van der Waals surface area contributed by atoms with Crippen molar-refractivity contribution >= 4 is 25.7 Å². The Morgan fingerprint density at radius 2 is 0.979 bits per heavy atom. The van der Waals surface area contributed by atoms with Crippen molar-refractivity contribution in [3.63, 3.8) is 0 Å². The molecule has 0 spiro atoms. The van der Waals surface area contributed by atoms with Crippen molar-refractivity contribution in [2.24, 2.45) is 0 Å². The van der Waals surface area contributed by atoms with Crippen molar-refractivity contribution in [3.05, 3.63) is 0 Å². The van der Waals surface area contributed by atoms with Crippen molar-refractivity contribution in [2.75, 3.05) is 19.8 Å². The first-order valence-corrected chi connectivity index (χ1v) is 19.4. The van der Waals surface area contributed by atoms with Gasteiger partial charge < -0.3 is 33.7 Å². The van der Waals surface area contributed by atoms with Gasteiger partial charge in [0.05, 0.1) is 14.4 Å². The third kappa shape index (κ3) is 42.6. The van der Waals surface area contributed by atoms with Crippen molar-refractivity contribution in [1.82, 2.24) is 5.32 Å². The van der Waals surface area contributed by atoms with Gasteiger partial charge in [-0.3, -0.25) is 14.4 Å². The molecule has 47 heavy (non-hydrogen) atoms. The number of ether oxygens (including phenoxy) is 2. The average molecular weight is 708 g/mol. The zero-order valence-electron chi connectivity index (χ0n) is 30.5. The summed E-state index contributed by atoms with van der Waals surface area (Å²) in [5, 5.41) is 2.81. The molecular formula is C34H64NNa2O9P. The number of phosphoric acid groups is 1. The van der Waals surface area contributed by atoms with Crippen LogP contribution in [0.3, 0.4) is 0 Å². The zero-order valence-corrected chi connectivity index (χ0v) is 35.4. The van der Waals surface area contributed by atoms with Gasteiger partial charge in [0.2, 0.25) is 5.91 Å². The van der Waals surface area contributed by atoms with Gasteiger partial charge in [0, 0.05) is 26.3 Å². The van der Waals surface area contributed by atoms with Crippen LogP contribution in [-0.2, 0) is 32.9 Å². The molecule has 1 atom stereocenters. The largest absolute Gasteiger partial charge is 1.00 e. The number of phosphoric ester groups is 1. The molecule has 0 saturated carbocycles. The van der Waals surface area contributed by atoms with Crippen molar-refractivity contribution in [1.29, 1.82) is 0 Å². The molecule has 0 aliphatic rings. The standard InChI is InChI=1S/C34H66NO9P.2Na/c1-3-4-5-6-7-8-9-11-15-18-21-24-27-34(38)44-32(30-43-45(39,40)41)29-42-33(37)26-23-20-17-14-12-10-13-16-19-22-25-28-35-31(2)36;;/h32H,3-30H2,1-2H3,(H,35,36)(H2,39,40,41);;/q;2*+1/p-2/t32-;;/m0../s1. The smallest absolute Gasteiger partial charge is 0.790 e. The van der Waals surface area contributed by atoms with Crippen LogP contribution < -0.4 is 74.2 Å². The first-order valence-electron chi connectivity index (χ1n) is 17.9. The fourth-order valence-electron chi connectivity index (χ4n) is 5.15. The molecule has 13 heteroatoms. The molecule has 0 fully saturated rings. The minimum atomic E-state index is -5.25. The van der Waals surface area contributed by atoms with E-state index in [1.807, 2.05) is 0 Å². The van der Waals surface area contributed by atoms with Gasteiger partial charge in [-0.15, -0.1) is 0 Å². The van der Waals surface area contributed by atoms with Gasteiger partial charge in [-0.2, -0.15) is 0 Å². The number of carbonyl (C=O) groups is 3. The fraction of sp³-hybridized carbons (Fsp3) is 0.912. The summed E-state index contributed by atoms with van der Waals surface area (Å²) in [6.45, 7) is 3.51. The van der Waals surface area contributed by atoms with Crippen LogP contribution in [0.25, 0.3) is 0 Å². The summed E-state index contributed by atoms with van der Waals surface area (Å²) in [5.74, 6) is -0.955. The summed E-state index contributed by atoms with van der Waals surface area (Å²) >= 11 is 0. The van der Waals surface area contributed by atoms with Gasteiger partial charge in [0.1, 0.15) is 6.61 Å². The monoisotopic (exact) mass is 707 g/mol. The third-order valence-corrected chi connectivity index (χ3v) is 8.28. The Labute approximate surface area is 330 Å². The van der Waals surface area contributed by atoms with Crippen molar-refractivity contribution in [3.8, 4) is 0 Å². The fourth-order valence-corrected chi connectivity index (χ4v) is 5.50. The minimum Gasteiger partial charge on any atom is -0.790 e. The van der Waals surface area contributed by atoms with Gasteiger partial charge in [0.25, 0.3) is 0 Å². The first-order chi connectivity index (χ1) is 21.6. The van der Waals surface area contributed by atoms with Crippen LogP contribution in [0.2, 0.25) is 0 Å². The van der Waals surface area contributed by atoms with Crippen LogP contribution in [-0.4, -0.2) is 43.7 Å². The number of esters is 2. The molecule has 0 aliphatic heterocycles. The second-order valence-corrected chi connectivity index (χ2v) is 13.5. The van der Waals surface area contributed by atoms with E-state index in [0.717, 1.165) is 57.9 Å². The maximum atomic E-state index is 12.3. The molecule has 266 valence electrons. The summed E-state index contributed by atoms with van der Waals surface area (Å²) in [6.07, 6.45) is 25.3. The van der Waals surface area contributed by atoms with Gasteiger partial charge in [-0.05, 0) is 19.3 Å². The second-order valence-electron chi connectivity index (χ2n) is 12.3. The summed E-state index contributed by atoms with van der Waals surface area (Å²) < 4.78 is 25.7. The second kappa shape index (κ2) is 37.8. The molecule has 0 bridgehead atoms. The van der Waals surface area contributed by atoms with E-state index in [1.54, 1.807) is 0 Å². The predicted octanol–water partition coefficient (Wildman–Crippen LogP) is 1.20. The normalized spacial score (nSPS) is 11.7. The number of unbranched alkanes of at least 4 members (excludes halogenated alkanes) is 21. The van der Waals surface area contributed by atoms with Crippen LogP contribution in [0.4, 0.5) is 0 Å². The Morgan fingerprint density at radius 3 is 1.38 bits per heavy atom. The molecule has 0 aromatic rings. The van der Waals surface area contributed by atoms with Crippen molar-refractivity contribution in [2.45, 2.75) is 180 Å². The Kier molecular flexibility index (Phi) is 41.7. The molecule has 0 aromatic heterocycles. The zero-order chi connectivity index (χ0) is 33.4. The molecule has 0 saturated heterocycles. The molecule has 10 nitrogen and oxygen atoms in total. The van der Waals surface area contributed by atoms with E-state index < -0.39 is 32.5 Å². The number of rotatable bonds is 33. The maximum absolute atomic E-state index is 12.3. The Morgan fingerprint density at radius 1 is 0.596 bits per heavy atom. The van der Waals surface area contributed by atoms with Gasteiger partial charge >= 0.3 is 71.1 Å². The third-order valence-electron chi connectivity index (χ3n) is 7.81. The number of carbonyl (C=O) groups excluding carboxylic acids is 3. The summed E-state index contributed by atoms with van der Waals surface area (Å²) in [6, 6.07) is 0. The van der Waals surface area contributed by atoms with Crippen molar-refractivity contribution < 1.29 is 102 Å². The number of hydrogen-bond acceptors (Lipinski definition) is 9. The van der Waals surface area contributed by atoms with E-state index in [1.165, 1.54) is 90.4 Å². The summed E-state index contributed by atoms with van der Waals surface area (Å²) in [4.78, 5) is 57.1. The molecule has 0 aliphatic carbocycles. The predicted molar refractivity (Wildman–Crippen MR) is 174 cm³/mol. The first kappa shape index (κ1) is 51.9. The maximum Gasteiger partial charge on any atom is 1.00 e. The Bertz CT molecular complexity index is 787. The number of amides is 1. The van der Waals surface area contributed by atoms with E-state index in [4.69, 9.17) is 9.47 Å². The van der Waals surface area contributed by atoms with Crippen LogP contribution in [0.1, 0.15) is 174 Å². The van der Waals surface area contributed by atoms with Gasteiger partial charge in [-0.25, -0.2) is 0 Å². The number of hydrogen-bond donors (Lipinski definition) is 1. The molecule has 0 radical (unpaired) electrons. The van der Waals surface area contributed by atoms with Gasteiger partial charge in [0.15, 0.2) is 6.10 Å². The molecule has 0 aromatic carbocycles. The average Bonchev–Trinajstić information content (AvgIpc) is 2.98. The van der Waals surface area contributed by atoms with Crippen LogP contribution in [0, 0.1) is 0 Å². The number of nitrogens with one attached hydrogen (secondary N) is 1. The summed E-state index contributed by atoms with van der Waals surface area (Å²) in [5.41, 5.74) is 0.